The number of hydrogen-bond acceptors (Lipinski definition) is 4. The van der Waals surface area contributed by atoms with Gasteiger partial charge in [-0.15, -0.1) is 0 Å². The molecule has 0 amide bonds. The Bertz CT molecular complexity index is 250. The monoisotopic (exact) mass is 234 g/mol. The molecule has 0 aliphatic rings. The Kier molecular flexibility index (Phi) is 7.35. The fourth-order valence-corrected chi connectivity index (χ4v) is 2.39. The predicted octanol–water partition coefficient (Wildman–Crippen LogP) is 3.14. The maximum absolute atomic E-state index is 11.8. The molecular weight excluding hydrogens is 215 g/mol. The summed E-state index contributed by atoms with van der Waals surface area (Å²) in [4.78, 5) is 10.9. The molecule has 4 nitrogen and oxygen atoms in total. The quantitative estimate of drug-likeness (QED) is 0.368. The zero-order chi connectivity index (χ0) is 11.7. The molecule has 0 N–H and O–H groups in total. The standard InChI is InChI=1S/C10H19O4P/c1-4-6-7-8-9-15(12,13-3)14-10(11)5-2/h5H,2,4,6-9H2,1,3H3. The third kappa shape index (κ3) is 6.47. The van der Waals surface area contributed by atoms with Crippen LogP contribution in [-0.4, -0.2) is 19.2 Å². The van der Waals surface area contributed by atoms with Gasteiger partial charge in [0.2, 0.25) is 0 Å². The van der Waals surface area contributed by atoms with Crippen molar-refractivity contribution in [2.45, 2.75) is 32.6 Å². The first-order chi connectivity index (χ1) is 7.08. The van der Waals surface area contributed by atoms with E-state index in [0.29, 0.717) is 0 Å². The van der Waals surface area contributed by atoms with Crippen molar-refractivity contribution in [2.75, 3.05) is 13.3 Å². The van der Waals surface area contributed by atoms with Crippen molar-refractivity contribution in [1.82, 2.24) is 0 Å². The molecule has 5 heteroatoms. The van der Waals surface area contributed by atoms with Crippen LogP contribution in [-0.2, 0) is 18.4 Å². The predicted molar refractivity (Wildman–Crippen MR) is 59.9 cm³/mol. The van der Waals surface area contributed by atoms with Gasteiger partial charge in [-0.2, -0.15) is 0 Å². The summed E-state index contributed by atoms with van der Waals surface area (Å²) in [5.41, 5.74) is 0. The van der Waals surface area contributed by atoms with Crippen molar-refractivity contribution < 1.29 is 18.4 Å². The second kappa shape index (κ2) is 7.66. The minimum absolute atomic E-state index is 0.281. The zero-order valence-electron chi connectivity index (χ0n) is 9.40. The van der Waals surface area contributed by atoms with Gasteiger partial charge in [0, 0.05) is 13.2 Å². The highest BCUT2D eigenvalue weighted by Gasteiger charge is 2.25. The molecule has 0 aromatic carbocycles. The fourth-order valence-electron chi connectivity index (χ4n) is 1.08. The van der Waals surface area contributed by atoms with Crippen LogP contribution in [0, 0.1) is 0 Å². The first kappa shape index (κ1) is 14.4. The minimum Gasteiger partial charge on any atom is -0.388 e. The van der Waals surface area contributed by atoms with Gasteiger partial charge in [0.15, 0.2) is 0 Å². The van der Waals surface area contributed by atoms with Gasteiger partial charge in [0.05, 0.1) is 6.16 Å². The molecule has 0 aromatic rings. The average molecular weight is 234 g/mol. The minimum atomic E-state index is -3.23. The highest BCUT2D eigenvalue weighted by Crippen LogP contribution is 2.48. The van der Waals surface area contributed by atoms with E-state index in [1.54, 1.807) is 0 Å². The maximum atomic E-state index is 11.8. The van der Waals surface area contributed by atoms with Crippen LogP contribution in [0.1, 0.15) is 32.6 Å². The highest BCUT2D eigenvalue weighted by molar-refractivity contribution is 7.54. The van der Waals surface area contributed by atoms with Crippen molar-refractivity contribution in [3.63, 3.8) is 0 Å². The Balaban J connectivity index is 4.02. The Labute approximate surface area is 91.2 Å². The molecule has 0 rings (SSSR count). The van der Waals surface area contributed by atoms with E-state index in [0.717, 1.165) is 31.8 Å². The van der Waals surface area contributed by atoms with Crippen LogP contribution >= 0.6 is 7.60 Å². The lowest BCUT2D eigenvalue weighted by Crippen LogP contribution is -2.03. The van der Waals surface area contributed by atoms with Gasteiger partial charge in [0.25, 0.3) is 0 Å². The van der Waals surface area contributed by atoms with Gasteiger partial charge >= 0.3 is 13.6 Å². The van der Waals surface area contributed by atoms with Crippen molar-refractivity contribution in [1.29, 1.82) is 0 Å². The first-order valence-corrected chi connectivity index (χ1v) is 6.81. The van der Waals surface area contributed by atoms with E-state index >= 15 is 0 Å². The van der Waals surface area contributed by atoms with Gasteiger partial charge in [-0.1, -0.05) is 32.8 Å². The summed E-state index contributed by atoms with van der Waals surface area (Å²) in [7, 11) is -1.95. The number of rotatable bonds is 8. The zero-order valence-corrected chi connectivity index (χ0v) is 10.3. The lowest BCUT2D eigenvalue weighted by Gasteiger charge is -2.14. The smallest absolute Gasteiger partial charge is 0.381 e. The van der Waals surface area contributed by atoms with Crippen LogP contribution in [0.2, 0.25) is 0 Å². The van der Waals surface area contributed by atoms with E-state index in [1.165, 1.54) is 7.11 Å². The summed E-state index contributed by atoms with van der Waals surface area (Å²) in [5, 5.41) is 0. The highest BCUT2D eigenvalue weighted by atomic mass is 31.2. The fraction of sp³-hybridized carbons (Fsp3) is 0.700. The first-order valence-electron chi connectivity index (χ1n) is 5.08. The van der Waals surface area contributed by atoms with Gasteiger partial charge in [0.1, 0.15) is 0 Å². The maximum Gasteiger partial charge on any atom is 0.381 e. The largest absolute Gasteiger partial charge is 0.388 e. The van der Waals surface area contributed by atoms with Crippen LogP contribution in [0.15, 0.2) is 12.7 Å². The second-order valence-electron chi connectivity index (χ2n) is 3.19. The summed E-state index contributed by atoms with van der Waals surface area (Å²) in [6.45, 7) is 5.33. The molecule has 88 valence electrons. The number of carbonyl (C=O) groups is 1. The average Bonchev–Trinajstić information content (AvgIpc) is 2.24. The Morgan fingerprint density at radius 1 is 1.40 bits per heavy atom. The molecule has 1 unspecified atom stereocenters. The van der Waals surface area contributed by atoms with E-state index in [2.05, 4.69) is 13.5 Å². The van der Waals surface area contributed by atoms with Crippen LogP contribution in [0.4, 0.5) is 0 Å². The molecule has 0 fully saturated rings. The van der Waals surface area contributed by atoms with E-state index in [-0.39, 0.29) is 6.16 Å². The summed E-state index contributed by atoms with van der Waals surface area (Å²) in [6, 6.07) is 0. The molecule has 0 heterocycles. The Hall–Kier alpha value is -0.600. The van der Waals surface area contributed by atoms with Gasteiger partial charge < -0.3 is 9.05 Å². The molecule has 0 saturated carbocycles. The molecule has 0 saturated heterocycles. The van der Waals surface area contributed by atoms with Crippen molar-refractivity contribution in [3.8, 4) is 0 Å². The lowest BCUT2D eigenvalue weighted by molar-refractivity contribution is -0.129. The van der Waals surface area contributed by atoms with Gasteiger partial charge in [-0.3, -0.25) is 0 Å². The third-order valence-electron chi connectivity index (χ3n) is 1.96. The molecule has 1 atom stereocenters. The summed E-state index contributed by atoms with van der Waals surface area (Å²) < 4.78 is 21.2. The van der Waals surface area contributed by atoms with Crippen molar-refractivity contribution >= 4 is 13.6 Å². The number of hydrogen-bond donors (Lipinski definition) is 0. The molecule has 15 heavy (non-hydrogen) atoms. The summed E-state index contributed by atoms with van der Waals surface area (Å²) in [6.07, 6.45) is 5.16. The number of unbranched alkanes of at least 4 members (excludes halogenated alkanes) is 3. The van der Waals surface area contributed by atoms with Crippen LogP contribution in [0.5, 0.6) is 0 Å². The number of carbonyl (C=O) groups excluding carboxylic acids is 1. The van der Waals surface area contributed by atoms with E-state index in [9.17, 15) is 9.36 Å². The van der Waals surface area contributed by atoms with E-state index in [1.807, 2.05) is 0 Å². The topological polar surface area (TPSA) is 52.6 Å². The lowest BCUT2D eigenvalue weighted by atomic mass is 10.2. The van der Waals surface area contributed by atoms with Gasteiger partial charge in [-0.25, -0.2) is 9.36 Å². The normalized spacial score (nSPS) is 14.3. The van der Waals surface area contributed by atoms with E-state index < -0.39 is 13.6 Å². The summed E-state index contributed by atoms with van der Waals surface area (Å²) in [5.74, 6) is -0.698. The van der Waals surface area contributed by atoms with Crippen LogP contribution in [0.25, 0.3) is 0 Å². The van der Waals surface area contributed by atoms with Gasteiger partial charge in [-0.05, 0) is 6.42 Å². The molecule has 0 aliphatic carbocycles. The second-order valence-corrected chi connectivity index (χ2v) is 5.41. The van der Waals surface area contributed by atoms with Crippen molar-refractivity contribution in [2.24, 2.45) is 0 Å². The Morgan fingerprint density at radius 3 is 2.53 bits per heavy atom. The molecule has 0 aliphatic heterocycles. The van der Waals surface area contributed by atoms with E-state index in [4.69, 9.17) is 9.05 Å². The molecular formula is C10H19O4P. The molecule has 0 radical (unpaired) electrons. The molecule has 0 bridgehead atoms. The SMILES string of the molecule is C=CC(=O)OP(=O)(CCCCCC)OC. The Morgan fingerprint density at radius 2 is 2.07 bits per heavy atom. The molecule has 0 spiro atoms. The van der Waals surface area contributed by atoms with Crippen LogP contribution < -0.4 is 0 Å². The summed E-state index contributed by atoms with van der Waals surface area (Å²) >= 11 is 0. The van der Waals surface area contributed by atoms with Crippen LogP contribution in [0.3, 0.4) is 0 Å². The third-order valence-corrected chi connectivity index (χ3v) is 3.84. The van der Waals surface area contributed by atoms with Crippen molar-refractivity contribution in [3.05, 3.63) is 12.7 Å². The molecule has 0 aromatic heterocycles.